The summed E-state index contributed by atoms with van der Waals surface area (Å²) in [7, 11) is 0. The van der Waals surface area contributed by atoms with Gasteiger partial charge in [-0.3, -0.25) is 4.57 Å². The predicted molar refractivity (Wildman–Crippen MR) is 110 cm³/mol. The molecule has 0 amide bonds. The quantitative estimate of drug-likeness (QED) is 0.277. The molecule has 0 radical (unpaired) electrons. The number of aliphatic hydroxyl groups excluding tert-OH is 3. The summed E-state index contributed by atoms with van der Waals surface area (Å²) < 4.78 is 6.99. The fraction of sp³-hybridized carbons (Fsp3) is 0.368. The third-order valence-electron chi connectivity index (χ3n) is 5.01. The minimum absolute atomic E-state index is 0.121. The number of hydrogen-bond donors (Lipinski definition) is 5. The summed E-state index contributed by atoms with van der Waals surface area (Å²) in [4.78, 5) is 12.7. The second-order valence-electron chi connectivity index (χ2n) is 6.95. The second-order valence-corrected chi connectivity index (χ2v) is 6.95. The van der Waals surface area contributed by atoms with Gasteiger partial charge >= 0.3 is 0 Å². The molecule has 158 valence electrons. The van der Waals surface area contributed by atoms with E-state index in [4.69, 9.17) is 10.5 Å². The summed E-state index contributed by atoms with van der Waals surface area (Å²) >= 11 is 0. The molecule has 0 bridgehead atoms. The number of nitrogens with two attached hydrogens (primary N) is 1. The Labute approximate surface area is 171 Å². The first-order chi connectivity index (χ1) is 14.5. The third kappa shape index (κ3) is 3.71. The Balaban J connectivity index is 1.58. The second kappa shape index (κ2) is 8.32. The topological polar surface area (TPSA) is 164 Å². The lowest BCUT2D eigenvalue weighted by atomic mass is 10.1. The van der Waals surface area contributed by atoms with Crippen molar-refractivity contribution in [1.29, 1.82) is 0 Å². The molecule has 0 saturated carbocycles. The van der Waals surface area contributed by atoms with Crippen molar-refractivity contribution in [2.24, 2.45) is 5.10 Å². The summed E-state index contributed by atoms with van der Waals surface area (Å²) in [5, 5.41) is 33.7. The van der Waals surface area contributed by atoms with Gasteiger partial charge < -0.3 is 25.8 Å². The molecule has 3 heterocycles. The standard InChI is InChI=1S/C19H23N7O4/c1-2-10-3-5-11(6-4-10)7-22-25-19-23-16(20)13-17(24-19)26(9-21-13)18-15(29)14(28)12(8-27)30-18/h3-7,9,12,14-15,18,27-29H,2,8H2,1H3,(H3,20,23,24,25)/t12-,14-,15-,18-/m1/s1. The molecule has 4 rings (SSSR count). The molecule has 6 N–H and O–H groups in total. The molecule has 0 spiro atoms. The van der Waals surface area contributed by atoms with Gasteiger partial charge in [0.2, 0.25) is 5.95 Å². The van der Waals surface area contributed by atoms with E-state index >= 15 is 0 Å². The van der Waals surface area contributed by atoms with Crippen LogP contribution in [0.3, 0.4) is 0 Å². The zero-order valence-electron chi connectivity index (χ0n) is 16.3. The Bertz CT molecular complexity index is 1050. The van der Waals surface area contributed by atoms with Gasteiger partial charge in [0.05, 0.1) is 19.1 Å². The number of ether oxygens (including phenoxy) is 1. The van der Waals surface area contributed by atoms with E-state index in [2.05, 4.69) is 32.4 Å². The minimum atomic E-state index is -1.27. The van der Waals surface area contributed by atoms with E-state index in [-0.39, 0.29) is 11.8 Å². The van der Waals surface area contributed by atoms with Crippen LogP contribution < -0.4 is 11.2 Å². The molecule has 11 nitrogen and oxygen atoms in total. The van der Waals surface area contributed by atoms with Crippen LogP contribution in [-0.2, 0) is 11.2 Å². The van der Waals surface area contributed by atoms with Crippen molar-refractivity contribution in [2.75, 3.05) is 17.8 Å². The average molecular weight is 413 g/mol. The molecule has 1 fully saturated rings. The molecule has 2 aromatic heterocycles. The summed E-state index contributed by atoms with van der Waals surface area (Å²) in [6.07, 6.45) is -0.418. The predicted octanol–water partition coefficient (Wildman–Crippen LogP) is 0.0284. The van der Waals surface area contributed by atoms with Crippen LogP contribution in [0, 0.1) is 0 Å². The number of rotatable bonds is 6. The van der Waals surface area contributed by atoms with Crippen LogP contribution in [0.25, 0.3) is 11.2 Å². The van der Waals surface area contributed by atoms with E-state index in [1.807, 2.05) is 24.3 Å². The van der Waals surface area contributed by atoms with Gasteiger partial charge in [-0.1, -0.05) is 31.2 Å². The molecule has 3 aromatic rings. The van der Waals surface area contributed by atoms with Gasteiger partial charge in [0.25, 0.3) is 0 Å². The van der Waals surface area contributed by atoms with Crippen LogP contribution in [0.5, 0.6) is 0 Å². The summed E-state index contributed by atoms with van der Waals surface area (Å²) in [6.45, 7) is 1.66. The Hall–Kier alpha value is -3.12. The number of nitrogen functional groups attached to an aromatic ring is 1. The molecule has 1 aliphatic rings. The van der Waals surface area contributed by atoms with E-state index in [0.717, 1.165) is 12.0 Å². The molecular formula is C19H23N7O4. The molecular weight excluding hydrogens is 390 g/mol. The van der Waals surface area contributed by atoms with Crippen LogP contribution in [-0.4, -0.2) is 66.0 Å². The first-order valence-corrected chi connectivity index (χ1v) is 9.52. The fourth-order valence-electron chi connectivity index (χ4n) is 3.29. The Morgan fingerprint density at radius 2 is 2.00 bits per heavy atom. The minimum Gasteiger partial charge on any atom is -0.394 e. The van der Waals surface area contributed by atoms with Gasteiger partial charge in [-0.2, -0.15) is 15.1 Å². The van der Waals surface area contributed by atoms with E-state index in [9.17, 15) is 15.3 Å². The number of imidazole rings is 1. The number of hydrazone groups is 1. The van der Waals surface area contributed by atoms with Crippen LogP contribution >= 0.6 is 0 Å². The average Bonchev–Trinajstić information content (AvgIpc) is 3.30. The van der Waals surface area contributed by atoms with Crippen LogP contribution in [0.2, 0.25) is 0 Å². The van der Waals surface area contributed by atoms with Gasteiger partial charge in [0, 0.05) is 0 Å². The van der Waals surface area contributed by atoms with Crippen LogP contribution in [0.1, 0.15) is 24.3 Å². The lowest BCUT2D eigenvalue weighted by molar-refractivity contribution is -0.0511. The maximum atomic E-state index is 10.3. The number of fused-ring (bicyclic) bond motifs is 1. The smallest absolute Gasteiger partial charge is 0.247 e. The molecule has 11 heteroatoms. The molecule has 1 aromatic carbocycles. The monoisotopic (exact) mass is 413 g/mol. The van der Waals surface area contributed by atoms with Crippen molar-refractivity contribution < 1.29 is 20.1 Å². The lowest BCUT2D eigenvalue weighted by Gasteiger charge is -2.16. The number of nitrogens with zero attached hydrogens (tertiary/aromatic N) is 5. The summed E-state index contributed by atoms with van der Waals surface area (Å²) in [5.41, 5.74) is 11.5. The van der Waals surface area contributed by atoms with Crippen molar-refractivity contribution in [3.8, 4) is 0 Å². The molecule has 1 aliphatic heterocycles. The fourth-order valence-corrected chi connectivity index (χ4v) is 3.29. The number of hydrogen-bond acceptors (Lipinski definition) is 10. The molecule has 1 saturated heterocycles. The first kappa shape index (κ1) is 20.2. The number of aryl methyl sites for hydroxylation is 1. The normalized spacial score (nSPS) is 24.1. The van der Waals surface area contributed by atoms with Gasteiger partial charge in [-0.25, -0.2) is 10.4 Å². The largest absolute Gasteiger partial charge is 0.394 e. The SMILES string of the molecule is CCc1ccc(C=NNc2nc(N)c3ncn([C@@H]4O[C@H](CO)[C@@H](O)[C@H]4O)c3n2)cc1. The Morgan fingerprint density at radius 1 is 1.23 bits per heavy atom. The maximum Gasteiger partial charge on any atom is 0.247 e. The number of benzene rings is 1. The van der Waals surface area contributed by atoms with Crippen LogP contribution in [0.15, 0.2) is 35.7 Å². The van der Waals surface area contributed by atoms with Crippen molar-refractivity contribution in [2.45, 2.75) is 37.9 Å². The van der Waals surface area contributed by atoms with Gasteiger partial charge in [-0.15, -0.1) is 0 Å². The van der Waals surface area contributed by atoms with E-state index < -0.39 is 31.1 Å². The van der Waals surface area contributed by atoms with Crippen LogP contribution in [0.4, 0.5) is 11.8 Å². The number of aliphatic hydroxyl groups is 3. The van der Waals surface area contributed by atoms with Gasteiger partial charge in [-0.05, 0) is 17.5 Å². The summed E-state index contributed by atoms with van der Waals surface area (Å²) in [6, 6.07) is 7.97. The maximum absolute atomic E-state index is 10.3. The van der Waals surface area contributed by atoms with E-state index in [1.165, 1.54) is 16.5 Å². The Morgan fingerprint density at radius 3 is 2.67 bits per heavy atom. The van der Waals surface area contributed by atoms with E-state index in [1.54, 1.807) is 6.21 Å². The molecule has 30 heavy (non-hydrogen) atoms. The highest BCUT2D eigenvalue weighted by Gasteiger charge is 2.44. The number of aromatic nitrogens is 4. The van der Waals surface area contributed by atoms with Crippen molar-refractivity contribution >= 4 is 29.1 Å². The highest BCUT2D eigenvalue weighted by Crippen LogP contribution is 2.32. The summed E-state index contributed by atoms with van der Waals surface area (Å²) in [5.74, 6) is 0.255. The van der Waals surface area contributed by atoms with Gasteiger partial charge in [0.15, 0.2) is 17.7 Å². The van der Waals surface area contributed by atoms with Gasteiger partial charge in [0.1, 0.15) is 23.8 Å². The van der Waals surface area contributed by atoms with Crippen molar-refractivity contribution in [1.82, 2.24) is 19.5 Å². The number of nitrogens with one attached hydrogen (secondary N) is 1. The first-order valence-electron chi connectivity index (χ1n) is 9.52. The zero-order chi connectivity index (χ0) is 21.3. The molecule has 0 aliphatic carbocycles. The van der Waals surface area contributed by atoms with E-state index in [0.29, 0.717) is 11.2 Å². The lowest BCUT2D eigenvalue weighted by Crippen LogP contribution is -2.33. The molecule has 0 unspecified atom stereocenters. The van der Waals surface area contributed by atoms with Crippen molar-refractivity contribution in [3.05, 3.63) is 41.7 Å². The highest BCUT2D eigenvalue weighted by atomic mass is 16.6. The number of anilines is 2. The third-order valence-corrected chi connectivity index (χ3v) is 5.01. The zero-order valence-corrected chi connectivity index (χ0v) is 16.3. The van der Waals surface area contributed by atoms with Crippen molar-refractivity contribution in [3.63, 3.8) is 0 Å². The highest BCUT2D eigenvalue weighted by molar-refractivity contribution is 5.83. The Kier molecular flexibility index (Phi) is 5.59. The molecule has 4 atom stereocenters.